The zero-order valence-electron chi connectivity index (χ0n) is 11.4. The smallest absolute Gasteiger partial charge is 0.0124 e. The number of hydrogen-bond acceptors (Lipinski definition) is 2. The molecule has 2 aliphatic rings. The lowest BCUT2D eigenvalue weighted by atomic mass is 9.92. The van der Waals surface area contributed by atoms with Crippen molar-refractivity contribution < 1.29 is 0 Å². The van der Waals surface area contributed by atoms with Gasteiger partial charge in [0.2, 0.25) is 0 Å². The van der Waals surface area contributed by atoms with Gasteiger partial charge in [-0.25, -0.2) is 0 Å². The molecule has 0 saturated heterocycles. The van der Waals surface area contributed by atoms with Crippen molar-refractivity contribution in [2.75, 3.05) is 27.2 Å². The molecule has 94 valence electrons. The first-order valence-corrected chi connectivity index (χ1v) is 6.86. The molecule has 2 aliphatic carbocycles. The Balaban J connectivity index is 1.75. The van der Waals surface area contributed by atoms with Crippen LogP contribution in [-0.4, -0.2) is 38.1 Å². The molecule has 2 saturated carbocycles. The van der Waals surface area contributed by atoms with Crippen molar-refractivity contribution in [1.82, 2.24) is 10.2 Å². The first-order valence-electron chi connectivity index (χ1n) is 6.86. The number of nitrogens with zero attached hydrogens (tertiary/aromatic N) is 1. The van der Waals surface area contributed by atoms with Crippen LogP contribution in [0, 0.1) is 17.3 Å². The first kappa shape index (κ1) is 12.4. The van der Waals surface area contributed by atoms with Gasteiger partial charge in [0.05, 0.1) is 0 Å². The second-order valence-corrected chi connectivity index (χ2v) is 6.98. The third-order valence-corrected chi connectivity index (χ3v) is 3.82. The van der Waals surface area contributed by atoms with Crippen molar-refractivity contribution in [2.24, 2.45) is 17.3 Å². The summed E-state index contributed by atoms with van der Waals surface area (Å²) in [5, 5.41) is 3.86. The number of rotatable bonds is 7. The lowest BCUT2D eigenvalue weighted by molar-refractivity contribution is 0.218. The topological polar surface area (TPSA) is 15.3 Å². The Morgan fingerprint density at radius 2 is 1.62 bits per heavy atom. The molecule has 0 aliphatic heterocycles. The van der Waals surface area contributed by atoms with Crippen LogP contribution in [0.3, 0.4) is 0 Å². The maximum absolute atomic E-state index is 3.86. The van der Waals surface area contributed by atoms with Crippen molar-refractivity contribution in [2.45, 2.75) is 45.6 Å². The summed E-state index contributed by atoms with van der Waals surface area (Å²) in [5.41, 5.74) is 0.394. The van der Waals surface area contributed by atoms with E-state index < -0.39 is 0 Å². The molecule has 2 heteroatoms. The second kappa shape index (κ2) is 4.66. The van der Waals surface area contributed by atoms with E-state index in [1.54, 1.807) is 0 Å². The molecule has 0 heterocycles. The zero-order chi connectivity index (χ0) is 11.8. The van der Waals surface area contributed by atoms with Crippen LogP contribution < -0.4 is 5.32 Å². The molecule has 0 radical (unpaired) electrons. The van der Waals surface area contributed by atoms with Gasteiger partial charge in [-0.1, -0.05) is 13.8 Å². The Labute approximate surface area is 101 Å². The van der Waals surface area contributed by atoms with Crippen molar-refractivity contribution in [3.8, 4) is 0 Å². The molecule has 0 amide bonds. The van der Waals surface area contributed by atoms with Crippen LogP contribution in [0.1, 0.15) is 39.5 Å². The van der Waals surface area contributed by atoms with E-state index >= 15 is 0 Å². The normalized spacial score (nSPS) is 22.1. The van der Waals surface area contributed by atoms with E-state index in [4.69, 9.17) is 0 Å². The molecule has 0 aromatic rings. The van der Waals surface area contributed by atoms with Gasteiger partial charge in [-0.2, -0.15) is 0 Å². The Morgan fingerprint density at radius 1 is 1.12 bits per heavy atom. The average molecular weight is 224 g/mol. The predicted octanol–water partition coefficient (Wildman–Crippen LogP) is 2.35. The molecule has 2 fully saturated rings. The Bertz CT molecular complexity index is 215. The van der Waals surface area contributed by atoms with Crippen LogP contribution >= 0.6 is 0 Å². The van der Waals surface area contributed by atoms with E-state index in [0.717, 1.165) is 17.9 Å². The molecule has 0 bridgehead atoms. The van der Waals surface area contributed by atoms with Crippen LogP contribution in [0.25, 0.3) is 0 Å². The van der Waals surface area contributed by atoms with E-state index in [9.17, 15) is 0 Å². The summed E-state index contributed by atoms with van der Waals surface area (Å²) in [6.45, 7) is 7.08. The lowest BCUT2D eigenvalue weighted by Crippen LogP contribution is -2.43. The Kier molecular flexibility index (Phi) is 3.60. The molecule has 0 atom stereocenters. The summed E-state index contributed by atoms with van der Waals surface area (Å²) in [7, 11) is 4.34. The summed E-state index contributed by atoms with van der Waals surface area (Å²) in [6.07, 6.45) is 5.90. The molecule has 2 nitrogen and oxygen atoms in total. The minimum absolute atomic E-state index is 0.394. The van der Waals surface area contributed by atoms with Gasteiger partial charge in [-0.05, 0) is 57.0 Å². The monoisotopic (exact) mass is 224 g/mol. The van der Waals surface area contributed by atoms with Gasteiger partial charge in [0.15, 0.2) is 0 Å². The standard InChI is InChI=1S/C14H28N2/c1-14(2,10-16(3)4)9-15-13(11-5-6-11)12-7-8-12/h11-13,15H,5-10H2,1-4H3. The third-order valence-electron chi connectivity index (χ3n) is 3.82. The summed E-state index contributed by atoms with van der Waals surface area (Å²) in [5.74, 6) is 2.03. The van der Waals surface area contributed by atoms with Gasteiger partial charge >= 0.3 is 0 Å². The highest BCUT2D eigenvalue weighted by molar-refractivity contribution is 4.97. The number of hydrogen-bond donors (Lipinski definition) is 1. The van der Waals surface area contributed by atoms with Crippen LogP contribution in [0.2, 0.25) is 0 Å². The van der Waals surface area contributed by atoms with E-state index in [0.29, 0.717) is 5.41 Å². The molecular weight excluding hydrogens is 196 g/mol. The average Bonchev–Trinajstić information content (AvgIpc) is 2.97. The molecular formula is C14H28N2. The van der Waals surface area contributed by atoms with Crippen LogP contribution in [0.4, 0.5) is 0 Å². The maximum Gasteiger partial charge on any atom is 0.0124 e. The van der Waals surface area contributed by atoms with Crippen molar-refractivity contribution in [3.05, 3.63) is 0 Å². The minimum Gasteiger partial charge on any atom is -0.313 e. The van der Waals surface area contributed by atoms with Gasteiger partial charge in [0, 0.05) is 19.1 Å². The van der Waals surface area contributed by atoms with Crippen molar-refractivity contribution in [3.63, 3.8) is 0 Å². The molecule has 2 rings (SSSR count). The highest BCUT2D eigenvalue weighted by Gasteiger charge is 2.41. The van der Waals surface area contributed by atoms with Gasteiger partial charge < -0.3 is 10.2 Å². The highest BCUT2D eigenvalue weighted by Crippen LogP contribution is 2.44. The fourth-order valence-electron chi connectivity index (χ4n) is 2.94. The largest absolute Gasteiger partial charge is 0.313 e. The predicted molar refractivity (Wildman–Crippen MR) is 69.6 cm³/mol. The van der Waals surface area contributed by atoms with Gasteiger partial charge in [0.25, 0.3) is 0 Å². The lowest BCUT2D eigenvalue weighted by Gasteiger charge is -2.31. The quantitative estimate of drug-likeness (QED) is 0.714. The van der Waals surface area contributed by atoms with Crippen molar-refractivity contribution >= 4 is 0 Å². The van der Waals surface area contributed by atoms with E-state index in [2.05, 4.69) is 38.2 Å². The maximum atomic E-state index is 3.86. The summed E-state index contributed by atoms with van der Waals surface area (Å²) < 4.78 is 0. The van der Waals surface area contributed by atoms with Crippen LogP contribution in [-0.2, 0) is 0 Å². The fraction of sp³-hybridized carbons (Fsp3) is 1.00. The molecule has 16 heavy (non-hydrogen) atoms. The summed E-state index contributed by atoms with van der Waals surface area (Å²) >= 11 is 0. The third kappa shape index (κ3) is 3.74. The minimum atomic E-state index is 0.394. The molecule has 0 aromatic carbocycles. The first-order chi connectivity index (χ1) is 7.48. The number of nitrogens with one attached hydrogen (secondary N) is 1. The van der Waals surface area contributed by atoms with Gasteiger partial charge in [-0.3, -0.25) is 0 Å². The molecule has 0 aromatic heterocycles. The Morgan fingerprint density at radius 3 is 2.00 bits per heavy atom. The van der Waals surface area contributed by atoms with Crippen molar-refractivity contribution in [1.29, 1.82) is 0 Å². The van der Waals surface area contributed by atoms with E-state index in [-0.39, 0.29) is 0 Å². The van der Waals surface area contributed by atoms with E-state index in [1.165, 1.54) is 38.8 Å². The van der Waals surface area contributed by atoms with Gasteiger partial charge in [-0.15, -0.1) is 0 Å². The molecule has 0 spiro atoms. The highest BCUT2D eigenvalue weighted by atomic mass is 15.1. The Hall–Kier alpha value is -0.0800. The van der Waals surface area contributed by atoms with Crippen LogP contribution in [0.15, 0.2) is 0 Å². The summed E-state index contributed by atoms with van der Waals surface area (Å²) in [6, 6.07) is 0.849. The van der Waals surface area contributed by atoms with Gasteiger partial charge in [0.1, 0.15) is 0 Å². The zero-order valence-corrected chi connectivity index (χ0v) is 11.4. The SMILES string of the molecule is CN(C)CC(C)(C)CNC(C1CC1)C1CC1. The molecule has 1 N–H and O–H groups in total. The second-order valence-electron chi connectivity index (χ2n) is 6.98. The summed E-state index contributed by atoms with van der Waals surface area (Å²) in [4.78, 5) is 2.30. The van der Waals surface area contributed by atoms with Crippen LogP contribution in [0.5, 0.6) is 0 Å². The molecule has 0 unspecified atom stereocenters. The van der Waals surface area contributed by atoms with E-state index in [1.807, 2.05) is 0 Å². The fourth-order valence-corrected chi connectivity index (χ4v) is 2.94.